The van der Waals surface area contributed by atoms with Crippen molar-refractivity contribution in [3.8, 4) is 0 Å². The Morgan fingerprint density at radius 1 is 1.35 bits per heavy atom. The second kappa shape index (κ2) is 9.09. The Labute approximate surface area is 119 Å². The molecule has 0 aliphatic carbocycles. The van der Waals surface area contributed by atoms with Gasteiger partial charge in [-0.15, -0.1) is 0 Å². The van der Waals surface area contributed by atoms with Gasteiger partial charge in [0, 0.05) is 0 Å². The average Bonchev–Trinajstić information content (AvgIpc) is 2.49. The van der Waals surface area contributed by atoms with E-state index in [9.17, 15) is 14.7 Å². The molecule has 0 aliphatic rings. The molecule has 110 valence electrons. The zero-order valence-electron chi connectivity index (χ0n) is 11.7. The molecule has 0 bridgehead atoms. The summed E-state index contributed by atoms with van der Waals surface area (Å²) >= 11 is 0. The zero-order chi connectivity index (χ0) is 14.8. The topological polar surface area (TPSA) is 78.4 Å². The molecular formula is C15H22N2O3. The van der Waals surface area contributed by atoms with E-state index >= 15 is 0 Å². The van der Waals surface area contributed by atoms with Crippen LogP contribution in [0.25, 0.3) is 0 Å². The van der Waals surface area contributed by atoms with E-state index in [4.69, 9.17) is 0 Å². The molecule has 5 heteroatoms. The molecule has 2 amide bonds. The molecule has 2 atom stereocenters. The van der Waals surface area contributed by atoms with E-state index in [0.29, 0.717) is 12.8 Å². The van der Waals surface area contributed by atoms with E-state index < -0.39 is 12.1 Å². The number of unbranched alkanes of at least 4 members (excludes halogenated alkanes) is 1. The summed E-state index contributed by atoms with van der Waals surface area (Å²) in [5.41, 5.74) is 0.837. The highest BCUT2D eigenvalue weighted by atomic mass is 16.3. The molecule has 0 heterocycles. The van der Waals surface area contributed by atoms with Crippen molar-refractivity contribution in [3.05, 3.63) is 35.9 Å². The Hall–Kier alpha value is -1.88. The smallest absolute Gasteiger partial charge is 0.243 e. The van der Waals surface area contributed by atoms with Crippen LogP contribution >= 0.6 is 0 Å². The Bertz CT molecular complexity index is 409. The maximum absolute atomic E-state index is 12.1. The molecule has 20 heavy (non-hydrogen) atoms. The van der Waals surface area contributed by atoms with Gasteiger partial charge in [0.2, 0.25) is 12.3 Å². The van der Waals surface area contributed by atoms with E-state index in [1.807, 2.05) is 37.3 Å². The number of benzene rings is 1. The number of amides is 2. The number of nitrogens with one attached hydrogen (secondary N) is 2. The van der Waals surface area contributed by atoms with Gasteiger partial charge >= 0.3 is 0 Å². The van der Waals surface area contributed by atoms with Gasteiger partial charge in [0.05, 0.1) is 12.6 Å². The first-order valence-electron chi connectivity index (χ1n) is 6.88. The van der Waals surface area contributed by atoms with E-state index in [2.05, 4.69) is 10.6 Å². The largest absolute Gasteiger partial charge is 0.394 e. The fourth-order valence-electron chi connectivity index (χ4n) is 1.97. The Morgan fingerprint density at radius 3 is 2.60 bits per heavy atom. The quantitative estimate of drug-likeness (QED) is 0.593. The van der Waals surface area contributed by atoms with Crippen LogP contribution in [0, 0.1) is 0 Å². The lowest BCUT2D eigenvalue weighted by Gasteiger charge is -2.21. The number of rotatable bonds is 9. The van der Waals surface area contributed by atoms with Crippen molar-refractivity contribution in [1.29, 1.82) is 0 Å². The van der Waals surface area contributed by atoms with Gasteiger partial charge in [0.1, 0.15) is 6.04 Å². The molecule has 0 aliphatic heterocycles. The molecule has 0 spiro atoms. The van der Waals surface area contributed by atoms with Crippen LogP contribution in [0.15, 0.2) is 30.3 Å². The van der Waals surface area contributed by atoms with Gasteiger partial charge in [-0.25, -0.2) is 0 Å². The summed E-state index contributed by atoms with van der Waals surface area (Å²) in [4.78, 5) is 22.7. The number of hydrogen-bond donors (Lipinski definition) is 3. The molecule has 0 saturated carbocycles. The van der Waals surface area contributed by atoms with Crippen molar-refractivity contribution in [1.82, 2.24) is 10.6 Å². The standard InChI is InChI=1S/C15H22N2O3/c1-2-3-9-13(16-11-19)15(20)17-14(10-18)12-7-5-4-6-8-12/h4-8,11,13-14,18H,2-3,9-10H2,1H3,(H,16,19)(H,17,20). The molecule has 0 fully saturated rings. The van der Waals surface area contributed by atoms with Crippen molar-refractivity contribution >= 4 is 12.3 Å². The lowest BCUT2D eigenvalue weighted by molar-refractivity contribution is -0.126. The molecule has 0 aromatic heterocycles. The third-order valence-electron chi connectivity index (χ3n) is 3.13. The SMILES string of the molecule is CCCCC(NC=O)C(=O)NC(CO)c1ccccc1. The van der Waals surface area contributed by atoms with Gasteiger partial charge in [-0.3, -0.25) is 9.59 Å². The van der Waals surface area contributed by atoms with Crippen molar-refractivity contribution in [2.75, 3.05) is 6.61 Å². The molecule has 1 aromatic carbocycles. The van der Waals surface area contributed by atoms with Crippen LogP contribution in [-0.4, -0.2) is 30.1 Å². The highest BCUT2D eigenvalue weighted by Crippen LogP contribution is 2.12. The van der Waals surface area contributed by atoms with Crippen LogP contribution in [0.1, 0.15) is 37.8 Å². The van der Waals surface area contributed by atoms with Gasteiger partial charge in [0.15, 0.2) is 0 Å². The molecule has 1 aromatic rings. The maximum atomic E-state index is 12.1. The monoisotopic (exact) mass is 278 g/mol. The van der Waals surface area contributed by atoms with Crippen LogP contribution < -0.4 is 10.6 Å². The number of hydrogen-bond acceptors (Lipinski definition) is 3. The lowest BCUT2D eigenvalue weighted by Crippen LogP contribution is -2.45. The summed E-state index contributed by atoms with van der Waals surface area (Å²) in [5, 5.41) is 14.7. The predicted molar refractivity (Wildman–Crippen MR) is 76.9 cm³/mol. The van der Waals surface area contributed by atoms with Crippen LogP contribution in [0.5, 0.6) is 0 Å². The Kier molecular flexibility index (Phi) is 7.35. The summed E-state index contributed by atoms with van der Waals surface area (Å²) in [7, 11) is 0. The predicted octanol–water partition coefficient (Wildman–Crippen LogP) is 1.14. The number of aliphatic hydroxyl groups is 1. The van der Waals surface area contributed by atoms with Crippen LogP contribution in [0.4, 0.5) is 0 Å². The minimum atomic E-state index is -0.551. The summed E-state index contributed by atoms with van der Waals surface area (Å²) in [6, 6.07) is 8.25. The van der Waals surface area contributed by atoms with Crippen molar-refractivity contribution in [2.24, 2.45) is 0 Å². The Balaban J connectivity index is 2.67. The first kappa shape index (κ1) is 16.2. The molecule has 0 saturated heterocycles. The second-order valence-corrected chi connectivity index (χ2v) is 4.63. The highest BCUT2D eigenvalue weighted by Gasteiger charge is 2.20. The molecule has 0 radical (unpaired) electrons. The normalized spacial score (nSPS) is 13.3. The molecule has 2 unspecified atom stereocenters. The van der Waals surface area contributed by atoms with Crippen molar-refractivity contribution < 1.29 is 14.7 Å². The van der Waals surface area contributed by atoms with Gasteiger partial charge in [-0.1, -0.05) is 50.1 Å². The van der Waals surface area contributed by atoms with Crippen LogP contribution in [0.2, 0.25) is 0 Å². The number of carbonyl (C=O) groups is 2. The van der Waals surface area contributed by atoms with Crippen LogP contribution in [-0.2, 0) is 9.59 Å². The van der Waals surface area contributed by atoms with Gasteiger partial charge in [-0.05, 0) is 12.0 Å². The molecule has 3 N–H and O–H groups in total. The van der Waals surface area contributed by atoms with Crippen molar-refractivity contribution in [2.45, 2.75) is 38.3 Å². The fraction of sp³-hybridized carbons (Fsp3) is 0.467. The van der Waals surface area contributed by atoms with E-state index in [1.165, 1.54) is 0 Å². The first-order chi connectivity index (χ1) is 9.72. The summed E-state index contributed by atoms with van der Waals surface area (Å²) in [5.74, 6) is -0.270. The molecule has 5 nitrogen and oxygen atoms in total. The number of carbonyl (C=O) groups excluding carboxylic acids is 2. The molecule has 1 rings (SSSR count). The van der Waals surface area contributed by atoms with E-state index in [1.54, 1.807) is 0 Å². The summed E-state index contributed by atoms with van der Waals surface area (Å²) < 4.78 is 0. The average molecular weight is 278 g/mol. The third-order valence-corrected chi connectivity index (χ3v) is 3.13. The van der Waals surface area contributed by atoms with Crippen molar-refractivity contribution in [3.63, 3.8) is 0 Å². The van der Waals surface area contributed by atoms with E-state index in [-0.39, 0.29) is 12.5 Å². The minimum Gasteiger partial charge on any atom is -0.394 e. The summed E-state index contributed by atoms with van der Waals surface area (Å²) in [6.07, 6.45) is 2.94. The highest BCUT2D eigenvalue weighted by molar-refractivity contribution is 5.83. The maximum Gasteiger partial charge on any atom is 0.243 e. The second-order valence-electron chi connectivity index (χ2n) is 4.63. The first-order valence-corrected chi connectivity index (χ1v) is 6.88. The Morgan fingerprint density at radius 2 is 2.05 bits per heavy atom. The van der Waals surface area contributed by atoms with E-state index in [0.717, 1.165) is 18.4 Å². The lowest BCUT2D eigenvalue weighted by atomic mass is 10.1. The van der Waals surface area contributed by atoms with Gasteiger partial charge < -0.3 is 15.7 Å². The van der Waals surface area contributed by atoms with Gasteiger partial charge in [0.25, 0.3) is 0 Å². The third kappa shape index (κ3) is 5.01. The summed E-state index contributed by atoms with van der Waals surface area (Å²) in [6.45, 7) is 1.84. The minimum absolute atomic E-state index is 0.183. The fourth-order valence-corrected chi connectivity index (χ4v) is 1.97. The zero-order valence-corrected chi connectivity index (χ0v) is 11.7. The number of aliphatic hydroxyl groups excluding tert-OH is 1. The van der Waals surface area contributed by atoms with Gasteiger partial charge in [-0.2, -0.15) is 0 Å². The molecular weight excluding hydrogens is 256 g/mol. The van der Waals surface area contributed by atoms with Crippen LogP contribution in [0.3, 0.4) is 0 Å².